The summed E-state index contributed by atoms with van der Waals surface area (Å²) in [6.07, 6.45) is 2.60. The largest absolute Gasteiger partial charge is 0.470 e. The van der Waals surface area contributed by atoms with Gasteiger partial charge in [-0.15, -0.1) is 0 Å². The predicted octanol–water partition coefficient (Wildman–Crippen LogP) is 1.63. The molecule has 0 amide bonds. The van der Waals surface area contributed by atoms with E-state index < -0.39 is 0 Å². The summed E-state index contributed by atoms with van der Waals surface area (Å²) in [5.74, 6) is 0. The van der Waals surface area contributed by atoms with Gasteiger partial charge in [-0.05, 0) is 28.9 Å². The molecule has 0 aliphatic rings. The van der Waals surface area contributed by atoms with Crippen molar-refractivity contribution >= 4 is 27.3 Å². The Morgan fingerprint density at radius 2 is 2.55 bits per heavy atom. The molecule has 1 aromatic heterocycles. The van der Waals surface area contributed by atoms with E-state index in [1.165, 1.54) is 11.3 Å². The molecule has 0 radical (unpaired) electrons. The first-order valence-corrected chi connectivity index (χ1v) is 4.88. The number of nitrogens with two attached hydrogens (primary N) is 1. The third kappa shape index (κ3) is 3.18. The van der Waals surface area contributed by atoms with Gasteiger partial charge < -0.3 is 10.5 Å². The first-order valence-electron chi connectivity index (χ1n) is 3.27. The molecule has 0 atom stereocenters. The van der Waals surface area contributed by atoms with Crippen LogP contribution in [0.4, 0.5) is 0 Å². The van der Waals surface area contributed by atoms with E-state index in [0.29, 0.717) is 18.3 Å². The summed E-state index contributed by atoms with van der Waals surface area (Å²) >= 11 is 4.77. The van der Waals surface area contributed by atoms with Crippen LogP contribution >= 0.6 is 27.3 Å². The molecule has 5 heteroatoms. The number of aromatic nitrogens is 1. The summed E-state index contributed by atoms with van der Waals surface area (Å²) in [4.78, 5) is 4.00. The quantitative estimate of drug-likeness (QED) is 0.809. The SMILES string of the molecule is NCCCOc1ncc(Br)s1. The van der Waals surface area contributed by atoms with Crippen molar-refractivity contribution in [1.82, 2.24) is 4.98 Å². The van der Waals surface area contributed by atoms with Gasteiger partial charge in [0.2, 0.25) is 0 Å². The molecular weight excluding hydrogens is 228 g/mol. The zero-order valence-electron chi connectivity index (χ0n) is 5.92. The molecule has 0 aromatic carbocycles. The maximum Gasteiger partial charge on any atom is 0.274 e. The molecule has 0 unspecified atom stereocenters. The molecule has 0 aliphatic carbocycles. The smallest absolute Gasteiger partial charge is 0.274 e. The Labute approximate surface area is 77.7 Å². The molecule has 0 saturated heterocycles. The van der Waals surface area contributed by atoms with Crippen LogP contribution in [0.3, 0.4) is 0 Å². The average Bonchev–Trinajstić information content (AvgIpc) is 2.37. The maximum absolute atomic E-state index is 5.29. The second-order valence-corrected chi connectivity index (χ2v) is 4.29. The third-order valence-electron chi connectivity index (χ3n) is 1.03. The van der Waals surface area contributed by atoms with E-state index in [1.54, 1.807) is 6.20 Å². The molecule has 0 saturated carbocycles. The topological polar surface area (TPSA) is 48.1 Å². The lowest BCUT2D eigenvalue weighted by molar-refractivity contribution is 0.312. The monoisotopic (exact) mass is 236 g/mol. The highest BCUT2D eigenvalue weighted by atomic mass is 79.9. The average molecular weight is 237 g/mol. The minimum Gasteiger partial charge on any atom is -0.470 e. The molecular formula is C6H9BrN2OS. The van der Waals surface area contributed by atoms with Crippen molar-refractivity contribution in [2.75, 3.05) is 13.2 Å². The molecule has 0 spiro atoms. The lowest BCUT2D eigenvalue weighted by Gasteiger charge is -1.98. The van der Waals surface area contributed by atoms with Crippen LogP contribution in [-0.4, -0.2) is 18.1 Å². The fourth-order valence-electron chi connectivity index (χ4n) is 0.549. The van der Waals surface area contributed by atoms with Gasteiger partial charge in [0.05, 0.1) is 16.6 Å². The van der Waals surface area contributed by atoms with Crippen LogP contribution in [0.15, 0.2) is 9.98 Å². The molecule has 1 heterocycles. The van der Waals surface area contributed by atoms with Gasteiger partial charge in [-0.1, -0.05) is 11.3 Å². The predicted molar refractivity (Wildman–Crippen MR) is 49.0 cm³/mol. The summed E-state index contributed by atoms with van der Waals surface area (Å²) in [7, 11) is 0. The molecule has 0 fully saturated rings. The Bertz CT molecular complexity index is 216. The van der Waals surface area contributed by atoms with Gasteiger partial charge in [-0.25, -0.2) is 4.98 Å². The number of nitrogens with zero attached hydrogens (tertiary/aromatic N) is 1. The standard InChI is InChI=1S/C6H9BrN2OS/c7-5-4-9-6(11-5)10-3-1-2-8/h4H,1-3,8H2. The van der Waals surface area contributed by atoms with Crippen LogP contribution in [0.5, 0.6) is 5.19 Å². The van der Waals surface area contributed by atoms with Gasteiger partial charge >= 0.3 is 0 Å². The maximum atomic E-state index is 5.29. The summed E-state index contributed by atoms with van der Waals surface area (Å²) in [6, 6.07) is 0. The van der Waals surface area contributed by atoms with E-state index in [0.717, 1.165) is 10.2 Å². The highest BCUT2D eigenvalue weighted by Gasteiger charge is 1.98. The summed E-state index contributed by atoms with van der Waals surface area (Å²) in [6.45, 7) is 1.31. The van der Waals surface area contributed by atoms with Gasteiger partial charge in [-0.2, -0.15) is 0 Å². The number of ether oxygens (including phenoxy) is 1. The molecule has 11 heavy (non-hydrogen) atoms. The van der Waals surface area contributed by atoms with Gasteiger partial charge in [0.25, 0.3) is 5.19 Å². The number of hydrogen-bond acceptors (Lipinski definition) is 4. The van der Waals surface area contributed by atoms with Crippen LogP contribution in [0.1, 0.15) is 6.42 Å². The van der Waals surface area contributed by atoms with Crippen molar-refractivity contribution in [1.29, 1.82) is 0 Å². The van der Waals surface area contributed by atoms with Crippen LogP contribution in [0.25, 0.3) is 0 Å². The van der Waals surface area contributed by atoms with Crippen LogP contribution in [0.2, 0.25) is 0 Å². The third-order valence-corrected chi connectivity index (χ3v) is 2.42. The van der Waals surface area contributed by atoms with Crippen LogP contribution < -0.4 is 10.5 Å². The zero-order valence-corrected chi connectivity index (χ0v) is 8.32. The van der Waals surface area contributed by atoms with Crippen molar-refractivity contribution < 1.29 is 4.74 Å². The molecule has 1 rings (SSSR count). The Morgan fingerprint density at radius 1 is 1.73 bits per heavy atom. The Morgan fingerprint density at radius 3 is 3.09 bits per heavy atom. The Kier molecular flexibility index (Phi) is 3.82. The van der Waals surface area contributed by atoms with E-state index in [-0.39, 0.29) is 0 Å². The number of halogens is 1. The van der Waals surface area contributed by atoms with E-state index in [4.69, 9.17) is 10.5 Å². The highest BCUT2D eigenvalue weighted by Crippen LogP contribution is 2.24. The van der Waals surface area contributed by atoms with E-state index in [1.807, 2.05) is 0 Å². The summed E-state index contributed by atoms with van der Waals surface area (Å²) in [5.41, 5.74) is 5.29. The molecule has 3 nitrogen and oxygen atoms in total. The second-order valence-electron chi connectivity index (χ2n) is 1.92. The van der Waals surface area contributed by atoms with Gasteiger partial charge in [0.1, 0.15) is 0 Å². The fraction of sp³-hybridized carbons (Fsp3) is 0.500. The minimum atomic E-state index is 0.649. The summed E-state index contributed by atoms with van der Waals surface area (Å²) < 4.78 is 6.25. The van der Waals surface area contributed by atoms with Crippen molar-refractivity contribution in [2.24, 2.45) is 5.73 Å². The lowest BCUT2D eigenvalue weighted by Crippen LogP contribution is -2.05. The van der Waals surface area contributed by atoms with Crippen molar-refractivity contribution in [2.45, 2.75) is 6.42 Å². The molecule has 0 bridgehead atoms. The number of rotatable bonds is 4. The number of thiazole rings is 1. The lowest BCUT2D eigenvalue weighted by atomic mass is 10.5. The Hall–Kier alpha value is -0.130. The molecule has 0 aliphatic heterocycles. The fourth-order valence-corrected chi connectivity index (χ4v) is 1.59. The first-order chi connectivity index (χ1) is 5.33. The van der Waals surface area contributed by atoms with Crippen molar-refractivity contribution in [3.63, 3.8) is 0 Å². The van der Waals surface area contributed by atoms with Crippen LogP contribution in [-0.2, 0) is 0 Å². The van der Waals surface area contributed by atoms with Crippen molar-refractivity contribution in [3.8, 4) is 5.19 Å². The van der Waals surface area contributed by atoms with Gasteiger partial charge in [-0.3, -0.25) is 0 Å². The highest BCUT2D eigenvalue weighted by molar-refractivity contribution is 9.11. The summed E-state index contributed by atoms with van der Waals surface area (Å²) in [5, 5.41) is 0.699. The Balaban J connectivity index is 2.27. The van der Waals surface area contributed by atoms with E-state index in [2.05, 4.69) is 20.9 Å². The molecule has 62 valence electrons. The van der Waals surface area contributed by atoms with Crippen LogP contribution in [0, 0.1) is 0 Å². The first kappa shape index (κ1) is 8.96. The second kappa shape index (κ2) is 4.69. The van der Waals surface area contributed by atoms with Gasteiger partial charge in [0.15, 0.2) is 0 Å². The van der Waals surface area contributed by atoms with Gasteiger partial charge in [0, 0.05) is 0 Å². The van der Waals surface area contributed by atoms with Crippen molar-refractivity contribution in [3.05, 3.63) is 9.98 Å². The molecule has 2 N–H and O–H groups in total. The zero-order chi connectivity index (χ0) is 8.10. The normalized spacial score (nSPS) is 10.0. The van der Waals surface area contributed by atoms with E-state index in [9.17, 15) is 0 Å². The molecule has 1 aromatic rings. The number of hydrogen-bond donors (Lipinski definition) is 1. The minimum absolute atomic E-state index is 0.649. The van der Waals surface area contributed by atoms with E-state index >= 15 is 0 Å².